The molecule has 0 saturated carbocycles. The lowest BCUT2D eigenvalue weighted by Crippen LogP contribution is -2.61. The maximum Gasteiger partial charge on any atom is 0.306 e. The van der Waals surface area contributed by atoms with Crippen molar-refractivity contribution in [2.75, 3.05) is 13.2 Å². The second kappa shape index (κ2) is 63.0. The van der Waals surface area contributed by atoms with Crippen LogP contribution in [0.1, 0.15) is 323 Å². The van der Waals surface area contributed by atoms with Crippen molar-refractivity contribution >= 4 is 11.9 Å². The van der Waals surface area contributed by atoms with Crippen molar-refractivity contribution < 1.29 is 49.3 Å². The molecule has 1 rings (SSSR count). The van der Waals surface area contributed by atoms with Crippen LogP contribution in [-0.4, -0.2) is 99.6 Å². The Morgan fingerprint density at radius 3 is 1.21 bits per heavy atom. The maximum absolute atomic E-state index is 13.5. The molecule has 8 unspecified atom stereocenters. The van der Waals surface area contributed by atoms with Gasteiger partial charge in [-0.15, -0.1) is 0 Å². The molecule has 1 aliphatic heterocycles. The number of esters is 1. The second-order valence-corrected chi connectivity index (χ2v) is 25.0. The number of amides is 1. The summed E-state index contributed by atoms with van der Waals surface area (Å²) < 4.78 is 17.7. The molecule has 0 radical (unpaired) electrons. The van der Waals surface area contributed by atoms with Gasteiger partial charge in [-0.3, -0.25) is 9.59 Å². The fourth-order valence-electron chi connectivity index (χ4n) is 11.0. The number of unbranched alkanes of at least 4 members (excludes halogenated alkanes) is 36. The molecule has 0 aliphatic carbocycles. The van der Waals surface area contributed by atoms with Gasteiger partial charge in [-0.1, -0.05) is 298 Å². The van der Waals surface area contributed by atoms with E-state index in [2.05, 4.69) is 99.0 Å². The van der Waals surface area contributed by atoms with E-state index in [1.54, 1.807) is 6.08 Å². The molecule has 11 heteroatoms. The fourth-order valence-corrected chi connectivity index (χ4v) is 11.0. The van der Waals surface area contributed by atoms with Crippen LogP contribution in [0.2, 0.25) is 0 Å². The van der Waals surface area contributed by atoms with Gasteiger partial charge in [-0.25, -0.2) is 0 Å². The summed E-state index contributed by atoms with van der Waals surface area (Å²) in [6.07, 6.45) is 73.4. The molecule has 6 N–H and O–H groups in total. The Labute approximate surface area is 533 Å². The molecule has 0 aromatic carbocycles. The number of ether oxygens (including phenoxy) is 3. The minimum absolute atomic E-state index is 0.120. The summed E-state index contributed by atoms with van der Waals surface area (Å²) in [6.45, 7) is 5.75. The van der Waals surface area contributed by atoms with Crippen LogP contribution in [0.25, 0.3) is 0 Å². The molecule has 0 aromatic rings. The molecule has 11 nitrogen and oxygen atoms in total. The van der Waals surface area contributed by atoms with Crippen molar-refractivity contribution in [1.29, 1.82) is 0 Å². The summed E-state index contributed by atoms with van der Waals surface area (Å²) in [6, 6.07) is -1.03. The molecule has 0 bridgehead atoms. The molecule has 1 saturated heterocycles. The number of hydrogen-bond acceptors (Lipinski definition) is 10. The van der Waals surface area contributed by atoms with Gasteiger partial charge in [0.1, 0.15) is 24.4 Å². The van der Waals surface area contributed by atoms with E-state index in [0.717, 1.165) is 103 Å². The van der Waals surface area contributed by atoms with E-state index >= 15 is 0 Å². The predicted molar refractivity (Wildman–Crippen MR) is 366 cm³/mol. The van der Waals surface area contributed by atoms with Gasteiger partial charge >= 0.3 is 5.97 Å². The van der Waals surface area contributed by atoms with Crippen molar-refractivity contribution in [2.24, 2.45) is 0 Å². The van der Waals surface area contributed by atoms with Crippen LogP contribution in [0.15, 0.2) is 85.1 Å². The fraction of sp³-hybridized carbons (Fsp3) is 0.789. The van der Waals surface area contributed by atoms with Crippen molar-refractivity contribution in [3.05, 3.63) is 85.1 Å². The first kappa shape index (κ1) is 81.9. The number of carbonyl (C=O) groups is 2. The van der Waals surface area contributed by atoms with Gasteiger partial charge in [0.15, 0.2) is 12.4 Å². The third kappa shape index (κ3) is 50.2. The number of carbonyl (C=O) groups excluding carboxylic acids is 2. The summed E-state index contributed by atoms with van der Waals surface area (Å²) in [5.41, 5.74) is 0. The lowest BCUT2D eigenvalue weighted by molar-refractivity contribution is -0.305. The van der Waals surface area contributed by atoms with Crippen LogP contribution in [0, 0.1) is 0 Å². The van der Waals surface area contributed by atoms with Crippen LogP contribution in [0.5, 0.6) is 0 Å². The van der Waals surface area contributed by atoms with Crippen LogP contribution in [-0.2, 0) is 23.8 Å². The van der Waals surface area contributed by atoms with Gasteiger partial charge in [0, 0.05) is 6.42 Å². The molecule has 1 amide bonds. The summed E-state index contributed by atoms with van der Waals surface area (Å²) in [7, 11) is 0. The Kier molecular flexibility index (Phi) is 59.3. The topological polar surface area (TPSA) is 175 Å². The molecule has 0 aromatic heterocycles. The number of nitrogens with one attached hydrogen (secondary N) is 1. The number of aliphatic hydroxyl groups excluding tert-OH is 5. The van der Waals surface area contributed by atoms with E-state index in [1.165, 1.54) is 173 Å². The highest BCUT2D eigenvalue weighted by Gasteiger charge is 2.47. The van der Waals surface area contributed by atoms with Gasteiger partial charge in [-0.05, 0) is 103 Å². The zero-order chi connectivity index (χ0) is 63.1. The highest BCUT2D eigenvalue weighted by molar-refractivity contribution is 5.80. The van der Waals surface area contributed by atoms with E-state index in [9.17, 15) is 35.1 Å². The van der Waals surface area contributed by atoms with E-state index in [4.69, 9.17) is 14.2 Å². The second-order valence-electron chi connectivity index (χ2n) is 25.0. The SMILES string of the molecule is CCCCC/C=C\C/C=C\C/C=C\C/C=C\CCCCCCCCC(O)C(=O)NC(COC1OC(CO)C(O)C(O)C1OC(=O)CCCCCCCCCCCCCCCCC/C=C\C/C=C\CCCCC)C(O)/C=C/CCCCCCCCCCC. The average molecular weight is 1220 g/mol. The van der Waals surface area contributed by atoms with Gasteiger partial charge in [-0.2, -0.15) is 0 Å². The predicted octanol–water partition coefficient (Wildman–Crippen LogP) is 18.8. The molecule has 504 valence electrons. The highest BCUT2D eigenvalue weighted by Crippen LogP contribution is 2.26. The Morgan fingerprint density at radius 1 is 0.448 bits per heavy atom. The van der Waals surface area contributed by atoms with Gasteiger partial charge in [0.25, 0.3) is 0 Å². The van der Waals surface area contributed by atoms with Gasteiger partial charge in [0.05, 0.1) is 25.4 Å². The largest absolute Gasteiger partial charge is 0.454 e. The molecule has 0 spiro atoms. The zero-order valence-electron chi connectivity index (χ0n) is 56.1. The smallest absolute Gasteiger partial charge is 0.306 e. The molecule has 1 heterocycles. The van der Waals surface area contributed by atoms with E-state index in [1.807, 2.05) is 6.08 Å². The normalized spacial score (nSPS) is 18.7. The minimum atomic E-state index is -1.62. The zero-order valence-corrected chi connectivity index (χ0v) is 56.1. The molecular weight excluding hydrogens is 1090 g/mol. The lowest BCUT2D eigenvalue weighted by Gasteiger charge is -2.41. The molecular formula is C76H135NO10. The highest BCUT2D eigenvalue weighted by atomic mass is 16.7. The Hall–Kier alpha value is -3.16. The van der Waals surface area contributed by atoms with Crippen molar-refractivity contribution in [1.82, 2.24) is 5.32 Å². The van der Waals surface area contributed by atoms with Gasteiger partial charge in [0.2, 0.25) is 5.91 Å². The summed E-state index contributed by atoms with van der Waals surface area (Å²) in [5, 5.41) is 57.2. The van der Waals surface area contributed by atoms with Crippen molar-refractivity contribution in [2.45, 2.75) is 372 Å². The Balaban J connectivity index is 2.55. The number of aliphatic hydroxyl groups is 5. The molecule has 1 aliphatic rings. The monoisotopic (exact) mass is 1220 g/mol. The van der Waals surface area contributed by atoms with Crippen LogP contribution >= 0.6 is 0 Å². The van der Waals surface area contributed by atoms with Crippen LogP contribution in [0.3, 0.4) is 0 Å². The van der Waals surface area contributed by atoms with Crippen molar-refractivity contribution in [3.63, 3.8) is 0 Å². The number of rotatable bonds is 62. The van der Waals surface area contributed by atoms with Crippen LogP contribution < -0.4 is 5.32 Å². The van der Waals surface area contributed by atoms with Gasteiger partial charge < -0.3 is 45.1 Å². The molecule has 1 fully saturated rings. The number of allylic oxidation sites excluding steroid dienone is 13. The maximum atomic E-state index is 13.5. The summed E-state index contributed by atoms with van der Waals surface area (Å²) in [4.78, 5) is 26.7. The Morgan fingerprint density at radius 2 is 0.793 bits per heavy atom. The van der Waals surface area contributed by atoms with Crippen LogP contribution in [0.4, 0.5) is 0 Å². The standard InChI is InChI=1S/C76H135NO10/c1-4-7-10-13-16-19-22-24-26-28-30-32-34-35-36-38-40-42-44-46-49-52-55-58-61-64-71(81)87-74-73(83)72(82)70(65-78)86-76(74)85-66-67(68(79)62-59-56-53-50-47-21-18-15-12-9-6-3)77-75(84)69(80)63-60-57-54-51-48-45-43-41-39-37-33-31-29-27-25-23-20-17-14-11-8-5-2/h16-17,19-20,24-27,31,33,39,41,59,62,67-70,72-74,76,78-80,82-83H,4-15,18,21-23,28-30,32,34-38,40,42-58,60-61,63-66H2,1-3H3,(H,77,84)/b19-16-,20-17-,26-24-,27-25-,33-31-,41-39-,62-59+. The summed E-state index contributed by atoms with van der Waals surface area (Å²) in [5.74, 6) is -1.20. The molecule has 8 atom stereocenters. The quantitative estimate of drug-likeness (QED) is 0.0195. The first-order valence-electron chi connectivity index (χ1n) is 36.4. The van der Waals surface area contributed by atoms with E-state index < -0.39 is 67.4 Å². The lowest BCUT2D eigenvalue weighted by atomic mass is 9.99. The summed E-state index contributed by atoms with van der Waals surface area (Å²) >= 11 is 0. The third-order valence-electron chi connectivity index (χ3n) is 16.8. The first-order valence-corrected chi connectivity index (χ1v) is 36.4. The van der Waals surface area contributed by atoms with E-state index in [0.29, 0.717) is 12.8 Å². The van der Waals surface area contributed by atoms with E-state index in [-0.39, 0.29) is 19.4 Å². The Bertz CT molecular complexity index is 1740. The average Bonchev–Trinajstić information content (AvgIpc) is 1.30. The minimum Gasteiger partial charge on any atom is -0.454 e. The molecule has 87 heavy (non-hydrogen) atoms. The van der Waals surface area contributed by atoms with Crippen molar-refractivity contribution in [3.8, 4) is 0 Å². The first-order chi connectivity index (χ1) is 42.7. The number of hydrogen-bond donors (Lipinski definition) is 6. The third-order valence-corrected chi connectivity index (χ3v) is 16.8.